The first kappa shape index (κ1) is 21.7. The number of hydrogen-bond acceptors (Lipinski definition) is 6. The number of aliphatic carboxylic acids is 1. The third-order valence-corrected chi connectivity index (χ3v) is 10.4. The number of carboxylic acids is 1. The van der Waals surface area contributed by atoms with Crippen LogP contribution in [0.3, 0.4) is 0 Å². The molecular weight excluding hydrogens is 486 g/mol. The number of nitrogens with one attached hydrogen (secondary N) is 1. The van der Waals surface area contributed by atoms with Crippen LogP contribution in [0.15, 0.2) is 0 Å². The molecule has 0 aromatic carbocycles. The molecule has 0 radical (unpaired) electrons. The van der Waals surface area contributed by atoms with E-state index in [0.717, 1.165) is 19.3 Å². The minimum Gasteiger partial charge on any atom is -0.480 e. The van der Waals surface area contributed by atoms with E-state index in [0.29, 0.717) is 12.8 Å². The molecule has 0 aromatic heterocycles. The van der Waals surface area contributed by atoms with Crippen LogP contribution < -0.4 is 5.32 Å². The van der Waals surface area contributed by atoms with E-state index in [-0.39, 0.29) is 60.2 Å². The Hall–Kier alpha value is -1.23. The second-order valence-electron chi connectivity index (χ2n) is 11.9. The van der Waals surface area contributed by atoms with Crippen LogP contribution in [0.2, 0.25) is 0 Å². The molecule has 36 heavy (non-hydrogen) atoms. The van der Waals surface area contributed by atoms with Gasteiger partial charge in [0.05, 0.1) is 13.6 Å². The van der Waals surface area contributed by atoms with Crippen molar-refractivity contribution in [3.05, 3.63) is 0 Å². The Morgan fingerprint density at radius 2 is 1.89 bits per heavy atom. The molecule has 4 aliphatic carbocycles. The largest absolute Gasteiger partial charge is 0.480 e. The molecule has 9 nitrogen and oxygen atoms in total. The number of carbonyl (C=O) groups is 2. The molecule has 4 N–H and O–H groups in total. The van der Waals surface area contributed by atoms with Crippen LogP contribution in [0, 0.1) is 46.3 Å². The molecule has 4 saturated carbocycles. The molecule has 10 atom stereocenters. The average molecular weight is 535 g/mol. The maximum atomic E-state index is 12.1. The van der Waals surface area contributed by atoms with Crippen LogP contribution in [-0.4, -0.2) is 53.8 Å². The van der Waals surface area contributed by atoms with Gasteiger partial charge >= 0.3 is 16.4 Å². The summed E-state index contributed by atoms with van der Waals surface area (Å²) >= 11 is 0. The summed E-state index contributed by atoms with van der Waals surface area (Å²) in [4.78, 5) is 22.9. The lowest BCUT2D eigenvalue weighted by atomic mass is 9.43. The number of fused-ring (bicyclic) bond motifs is 5. The Morgan fingerprint density at radius 1 is 1.19 bits per heavy atom. The standard InChI is InChI=1S/C26H43NO8S/c1-15(4-7-22(29)27-14-23(30)31)18-5-6-19-24-20(9-11-26(18,19)3)25(2)10-8-17(35-36(32,33)34)12-16(25)13-21(24)28/h15-21,24,28H,4-14H2,1-3H3,(H,27,29)(H,30,31)(H,32,33,34)/t15-,16+,17-,18-,19+,20+,21-,24+,25+,26-/m1/s1/i8D2,12D2,17D. The van der Waals surface area contributed by atoms with E-state index in [1.54, 1.807) is 6.92 Å². The number of aliphatic hydroxyl groups is 1. The molecule has 0 bridgehead atoms. The molecule has 0 aliphatic heterocycles. The predicted molar refractivity (Wildman–Crippen MR) is 132 cm³/mol. The van der Waals surface area contributed by atoms with E-state index in [2.05, 4.69) is 23.3 Å². The van der Waals surface area contributed by atoms with Crippen LogP contribution >= 0.6 is 0 Å². The van der Waals surface area contributed by atoms with Crippen molar-refractivity contribution >= 4 is 22.3 Å². The summed E-state index contributed by atoms with van der Waals surface area (Å²) in [6.45, 7) is 5.67. The first-order valence-electron chi connectivity index (χ1n) is 15.5. The van der Waals surface area contributed by atoms with Crippen molar-refractivity contribution in [1.82, 2.24) is 5.32 Å². The Morgan fingerprint density at radius 3 is 2.56 bits per heavy atom. The van der Waals surface area contributed by atoms with Crippen LogP contribution in [0.1, 0.15) is 91.7 Å². The van der Waals surface area contributed by atoms with Crippen molar-refractivity contribution in [3.8, 4) is 0 Å². The summed E-state index contributed by atoms with van der Waals surface area (Å²) in [7, 11) is -5.35. The lowest BCUT2D eigenvalue weighted by Gasteiger charge is -2.62. The zero-order chi connectivity index (χ0) is 31.0. The average Bonchev–Trinajstić information content (AvgIpc) is 3.17. The maximum Gasteiger partial charge on any atom is 0.397 e. The smallest absolute Gasteiger partial charge is 0.397 e. The summed E-state index contributed by atoms with van der Waals surface area (Å²) in [5.74, 6) is -2.50. The van der Waals surface area contributed by atoms with Gasteiger partial charge in [0.1, 0.15) is 6.54 Å². The summed E-state index contributed by atoms with van der Waals surface area (Å²) in [5.41, 5.74) is -1.17. The highest BCUT2D eigenvalue weighted by Gasteiger charge is 2.63. The molecular formula is C26H43NO8S. The second-order valence-corrected chi connectivity index (χ2v) is 12.9. The van der Waals surface area contributed by atoms with Crippen molar-refractivity contribution in [2.45, 2.75) is 97.1 Å². The van der Waals surface area contributed by atoms with Crippen molar-refractivity contribution in [2.75, 3.05) is 6.54 Å². The molecule has 0 spiro atoms. The van der Waals surface area contributed by atoms with Gasteiger partial charge in [0, 0.05) is 11.9 Å². The zero-order valence-corrected chi connectivity index (χ0v) is 22.0. The van der Waals surface area contributed by atoms with Gasteiger partial charge < -0.3 is 15.5 Å². The van der Waals surface area contributed by atoms with Gasteiger partial charge in [-0.25, -0.2) is 4.18 Å². The highest BCUT2D eigenvalue weighted by molar-refractivity contribution is 7.80. The molecule has 206 valence electrons. The Kier molecular flexibility index (Phi) is 6.11. The fourth-order valence-electron chi connectivity index (χ4n) is 8.34. The molecule has 4 aliphatic rings. The number of amides is 1. The van der Waals surface area contributed by atoms with Crippen molar-refractivity contribution in [3.63, 3.8) is 0 Å². The van der Waals surface area contributed by atoms with Crippen molar-refractivity contribution in [1.29, 1.82) is 0 Å². The molecule has 10 heteroatoms. The minimum atomic E-state index is -5.35. The molecule has 0 unspecified atom stereocenters. The third kappa shape index (κ3) is 5.33. The third-order valence-electron chi connectivity index (χ3n) is 10.0. The van der Waals surface area contributed by atoms with Gasteiger partial charge in [-0.05, 0) is 104 Å². The summed E-state index contributed by atoms with van der Waals surface area (Å²) < 4.78 is 80.5. The van der Waals surface area contributed by atoms with Gasteiger partial charge in [-0.2, -0.15) is 8.42 Å². The van der Waals surface area contributed by atoms with Gasteiger partial charge in [0.2, 0.25) is 5.91 Å². The van der Waals surface area contributed by atoms with E-state index in [1.807, 2.05) is 0 Å². The quantitative estimate of drug-likeness (QED) is 0.346. The molecule has 0 saturated heterocycles. The van der Waals surface area contributed by atoms with Gasteiger partial charge in [-0.1, -0.05) is 20.8 Å². The lowest BCUT2D eigenvalue weighted by Crippen LogP contribution is -2.58. The molecule has 0 aromatic rings. The van der Waals surface area contributed by atoms with Gasteiger partial charge in [0.15, 0.2) is 0 Å². The Bertz CT molecular complexity index is 1170. The van der Waals surface area contributed by atoms with E-state index in [4.69, 9.17) is 12.0 Å². The van der Waals surface area contributed by atoms with E-state index in [9.17, 15) is 27.7 Å². The summed E-state index contributed by atoms with van der Waals surface area (Å²) in [6.07, 6.45) is -6.38. The zero-order valence-electron chi connectivity index (χ0n) is 26.2. The van der Waals surface area contributed by atoms with Crippen LogP contribution in [0.25, 0.3) is 0 Å². The Balaban J connectivity index is 1.58. The van der Waals surface area contributed by atoms with Crippen LogP contribution in [-0.2, 0) is 24.2 Å². The fraction of sp³-hybridized carbons (Fsp3) is 0.923. The van der Waals surface area contributed by atoms with Crippen LogP contribution in [0.5, 0.6) is 0 Å². The highest BCUT2D eigenvalue weighted by Crippen LogP contribution is 2.68. The number of carbonyl (C=O) groups excluding carboxylic acids is 1. The van der Waals surface area contributed by atoms with E-state index < -0.39 is 59.2 Å². The van der Waals surface area contributed by atoms with Crippen LogP contribution in [0.4, 0.5) is 0 Å². The summed E-state index contributed by atoms with van der Waals surface area (Å²) in [6, 6.07) is 0. The van der Waals surface area contributed by atoms with Crippen molar-refractivity contribution < 1.29 is 43.8 Å². The van der Waals surface area contributed by atoms with E-state index >= 15 is 0 Å². The number of carboxylic acid groups (broad SMARTS) is 1. The van der Waals surface area contributed by atoms with E-state index in [1.165, 1.54) is 0 Å². The molecule has 0 heterocycles. The number of rotatable bonds is 8. The molecule has 1 amide bonds. The minimum absolute atomic E-state index is 0.0794. The fourth-order valence-corrected chi connectivity index (χ4v) is 8.66. The van der Waals surface area contributed by atoms with Gasteiger partial charge in [-0.3, -0.25) is 14.1 Å². The van der Waals surface area contributed by atoms with Gasteiger partial charge in [0.25, 0.3) is 0 Å². The lowest BCUT2D eigenvalue weighted by molar-refractivity contribution is -0.172. The van der Waals surface area contributed by atoms with Gasteiger partial charge in [-0.15, -0.1) is 0 Å². The van der Waals surface area contributed by atoms with Crippen molar-refractivity contribution in [2.24, 2.45) is 46.3 Å². The second kappa shape index (κ2) is 10.2. The molecule has 4 fully saturated rings. The summed E-state index contributed by atoms with van der Waals surface area (Å²) in [5, 5.41) is 22.7. The number of aliphatic hydroxyl groups excluding tert-OH is 1. The first-order chi connectivity index (χ1) is 18.6. The highest BCUT2D eigenvalue weighted by atomic mass is 32.3. The molecule has 4 rings (SSSR count). The first-order valence-corrected chi connectivity index (χ1v) is 14.3. The SMILES string of the molecule is [2H]C1([2H])C[C@@]2(C)[C@H](C[C@@H](O)[C@@H]3[C@@H]2CC[C@]2(C)[C@@H]([C@H](C)CCC(=O)NCC(=O)O)CC[C@@H]32)C([2H])([2H])[C@]1([2H])OS(=O)(=O)O. The maximum absolute atomic E-state index is 12.1. The number of hydrogen-bond donors (Lipinski definition) is 4. The topological polar surface area (TPSA) is 150 Å². The normalized spacial score (nSPS) is 50.0. The predicted octanol–water partition coefficient (Wildman–Crippen LogP) is 3.42. The monoisotopic (exact) mass is 534 g/mol. The Labute approximate surface area is 221 Å².